The summed E-state index contributed by atoms with van der Waals surface area (Å²) >= 11 is 0. The molecule has 5 nitrogen and oxygen atoms in total. The van der Waals surface area contributed by atoms with Crippen molar-refractivity contribution in [1.82, 2.24) is 19.7 Å². The average Bonchev–Trinajstić information content (AvgIpc) is 2.62. The van der Waals surface area contributed by atoms with Crippen LogP contribution in [0.1, 0.15) is 31.7 Å². The molecule has 1 aromatic heterocycles. The Morgan fingerprint density at radius 2 is 2.04 bits per heavy atom. The van der Waals surface area contributed by atoms with Gasteiger partial charge in [0.25, 0.3) is 0 Å². The number of hydrogen-bond acceptors (Lipinski definition) is 4. The van der Waals surface area contributed by atoms with E-state index in [2.05, 4.69) is 32.7 Å². The Bertz CT molecular complexity index is 499. The number of carbonyl (C=O) groups excluding carboxylic acids is 1. The van der Waals surface area contributed by atoms with Gasteiger partial charge < -0.3 is 4.90 Å². The molecule has 0 unspecified atom stereocenters. The van der Waals surface area contributed by atoms with Gasteiger partial charge in [0.2, 0.25) is 5.91 Å². The minimum Gasteiger partial charge on any atom is -0.339 e. The van der Waals surface area contributed by atoms with Crippen molar-refractivity contribution in [3.8, 4) is 0 Å². The Kier molecular flexibility index (Phi) is 5.62. The second-order valence-electron chi connectivity index (χ2n) is 6.60. The highest BCUT2D eigenvalue weighted by Gasteiger charge is 2.32. The SMILES string of the molecule is CCN1CCCC[C@H]1C(=O)N1CCN(Cc2cccnc2)CC1. The second-order valence-corrected chi connectivity index (χ2v) is 6.60. The van der Waals surface area contributed by atoms with Crippen LogP contribution in [0, 0.1) is 0 Å². The van der Waals surface area contributed by atoms with Gasteiger partial charge in [0.05, 0.1) is 6.04 Å². The van der Waals surface area contributed by atoms with Gasteiger partial charge in [-0.05, 0) is 37.6 Å². The highest BCUT2D eigenvalue weighted by atomic mass is 16.2. The van der Waals surface area contributed by atoms with E-state index >= 15 is 0 Å². The van der Waals surface area contributed by atoms with Crippen molar-refractivity contribution in [2.75, 3.05) is 39.3 Å². The summed E-state index contributed by atoms with van der Waals surface area (Å²) in [6.07, 6.45) is 7.19. The van der Waals surface area contributed by atoms with E-state index in [1.54, 1.807) is 0 Å². The Hall–Kier alpha value is -1.46. The van der Waals surface area contributed by atoms with Crippen molar-refractivity contribution in [1.29, 1.82) is 0 Å². The molecule has 2 aliphatic heterocycles. The van der Waals surface area contributed by atoms with Crippen molar-refractivity contribution in [2.45, 2.75) is 38.8 Å². The largest absolute Gasteiger partial charge is 0.339 e. The zero-order chi connectivity index (χ0) is 16.1. The van der Waals surface area contributed by atoms with Crippen LogP contribution in [0.25, 0.3) is 0 Å². The van der Waals surface area contributed by atoms with E-state index in [-0.39, 0.29) is 6.04 Å². The van der Waals surface area contributed by atoms with Crippen molar-refractivity contribution < 1.29 is 4.79 Å². The second kappa shape index (κ2) is 7.88. The smallest absolute Gasteiger partial charge is 0.240 e. The van der Waals surface area contributed by atoms with Crippen LogP contribution in [-0.2, 0) is 11.3 Å². The van der Waals surface area contributed by atoms with Crippen LogP contribution < -0.4 is 0 Å². The van der Waals surface area contributed by atoms with E-state index in [4.69, 9.17) is 0 Å². The van der Waals surface area contributed by atoms with Crippen LogP contribution in [0.15, 0.2) is 24.5 Å². The maximum Gasteiger partial charge on any atom is 0.240 e. The first-order chi connectivity index (χ1) is 11.3. The lowest BCUT2D eigenvalue weighted by Gasteiger charge is -2.40. The summed E-state index contributed by atoms with van der Waals surface area (Å²) in [5.41, 5.74) is 1.25. The number of amides is 1. The summed E-state index contributed by atoms with van der Waals surface area (Å²) in [4.78, 5) is 23.9. The Morgan fingerprint density at radius 1 is 1.22 bits per heavy atom. The van der Waals surface area contributed by atoms with Crippen LogP contribution in [0.3, 0.4) is 0 Å². The van der Waals surface area contributed by atoms with Gasteiger partial charge in [0.1, 0.15) is 0 Å². The number of nitrogens with zero attached hydrogens (tertiary/aromatic N) is 4. The minimum atomic E-state index is 0.124. The van der Waals surface area contributed by atoms with Crippen molar-refractivity contribution in [2.24, 2.45) is 0 Å². The lowest BCUT2D eigenvalue weighted by Crippen LogP contribution is -2.55. The molecule has 3 rings (SSSR count). The number of likely N-dealkylation sites (tertiary alicyclic amines) is 1. The summed E-state index contributed by atoms with van der Waals surface area (Å²) in [7, 11) is 0. The van der Waals surface area contributed by atoms with E-state index in [1.165, 1.54) is 18.4 Å². The Balaban J connectivity index is 1.51. The topological polar surface area (TPSA) is 39.7 Å². The highest BCUT2D eigenvalue weighted by molar-refractivity contribution is 5.82. The van der Waals surface area contributed by atoms with Crippen LogP contribution in [0.5, 0.6) is 0 Å². The fourth-order valence-corrected chi connectivity index (χ4v) is 3.74. The molecule has 0 saturated carbocycles. The molecule has 2 saturated heterocycles. The molecule has 0 spiro atoms. The Morgan fingerprint density at radius 3 is 2.74 bits per heavy atom. The van der Waals surface area contributed by atoms with Gasteiger partial charge in [0.15, 0.2) is 0 Å². The number of piperidine rings is 1. The molecule has 0 aromatic carbocycles. The molecule has 1 atom stereocenters. The van der Waals surface area contributed by atoms with Crippen molar-refractivity contribution in [3.63, 3.8) is 0 Å². The molecular formula is C18H28N4O. The summed E-state index contributed by atoms with van der Waals surface area (Å²) in [6.45, 7) is 8.78. The van der Waals surface area contributed by atoms with Crippen molar-refractivity contribution >= 4 is 5.91 Å². The molecule has 0 N–H and O–H groups in total. The molecule has 3 heterocycles. The van der Waals surface area contributed by atoms with Gasteiger partial charge in [-0.1, -0.05) is 19.4 Å². The van der Waals surface area contributed by atoms with E-state index < -0.39 is 0 Å². The van der Waals surface area contributed by atoms with Crippen LogP contribution >= 0.6 is 0 Å². The zero-order valence-electron chi connectivity index (χ0n) is 14.2. The van der Waals surface area contributed by atoms with E-state index in [9.17, 15) is 4.79 Å². The van der Waals surface area contributed by atoms with E-state index in [0.29, 0.717) is 5.91 Å². The monoisotopic (exact) mass is 316 g/mol. The number of rotatable bonds is 4. The quantitative estimate of drug-likeness (QED) is 0.846. The highest BCUT2D eigenvalue weighted by Crippen LogP contribution is 2.19. The fourth-order valence-electron chi connectivity index (χ4n) is 3.74. The molecular weight excluding hydrogens is 288 g/mol. The third kappa shape index (κ3) is 4.09. The molecule has 1 amide bonds. The maximum absolute atomic E-state index is 12.8. The lowest BCUT2D eigenvalue weighted by atomic mass is 10.0. The first-order valence-electron chi connectivity index (χ1n) is 8.92. The van der Waals surface area contributed by atoms with Gasteiger partial charge in [0, 0.05) is 45.1 Å². The molecule has 2 fully saturated rings. The lowest BCUT2D eigenvalue weighted by molar-refractivity contribution is -0.140. The van der Waals surface area contributed by atoms with Gasteiger partial charge in [-0.2, -0.15) is 0 Å². The van der Waals surface area contributed by atoms with Gasteiger partial charge in [-0.15, -0.1) is 0 Å². The number of piperazine rings is 1. The molecule has 2 aliphatic rings. The van der Waals surface area contributed by atoms with Crippen LogP contribution in [-0.4, -0.2) is 70.9 Å². The number of pyridine rings is 1. The number of aromatic nitrogens is 1. The molecule has 23 heavy (non-hydrogen) atoms. The maximum atomic E-state index is 12.8. The molecule has 126 valence electrons. The minimum absolute atomic E-state index is 0.124. The predicted molar refractivity (Wildman–Crippen MR) is 91.0 cm³/mol. The predicted octanol–water partition coefficient (Wildman–Crippen LogP) is 1.60. The number of likely N-dealkylation sites (N-methyl/N-ethyl adjacent to an activating group) is 1. The molecule has 1 aromatic rings. The zero-order valence-corrected chi connectivity index (χ0v) is 14.2. The first kappa shape index (κ1) is 16.4. The van der Waals surface area contributed by atoms with E-state index in [0.717, 1.165) is 52.2 Å². The van der Waals surface area contributed by atoms with Crippen LogP contribution in [0.4, 0.5) is 0 Å². The molecule has 5 heteroatoms. The summed E-state index contributed by atoms with van der Waals surface area (Å²) < 4.78 is 0. The van der Waals surface area contributed by atoms with Gasteiger partial charge in [-0.3, -0.25) is 19.6 Å². The van der Waals surface area contributed by atoms with Gasteiger partial charge in [-0.25, -0.2) is 0 Å². The molecule has 0 bridgehead atoms. The van der Waals surface area contributed by atoms with Crippen molar-refractivity contribution in [3.05, 3.63) is 30.1 Å². The number of hydrogen-bond donors (Lipinski definition) is 0. The third-order valence-corrected chi connectivity index (χ3v) is 5.12. The normalized spacial score (nSPS) is 23.9. The Labute approximate surface area is 139 Å². The average molecular weight is 316 g/mol. The van der Waals surface area contributed by atoms with Gasteiger partial charge >= 0.3 is 0 Å². The summed E-state index contributed by atoms with van der Waals surface area (Å²) in [5.74, 6) is 0.354. The molecule has 0 radical (unpaired) electrons. The molecule has 0 aliphatic carbocycles. The summed E-state index contributed by atoms with van der Waals surface area (Å²) in [6, 6.07) is 4.22. The standard InChI is InChI=1S/C18H28N4O/c1-2-21-9-4-3-7-17(21)18(23)22-12-10-20(11-13-22)15-16-6-5-8-19-14-16/h5-6,8,14,17H,2-4,7,9-13,15H2,1H3/t17-/m0/s1. The van der Waals surface area contributed by atoms with Crippen LogP contribution in [0.2, 0.25) is 0 Å². The fraction of sp³-hybridized carbons (Fsp3) is 0.667. The third-order valence-electron chi connectivity index (χ3n) is 5.12. The number of carbonyl (C=O) groups is 1. The first-order valence-corrected chi connectivity index (χ1v) is 8.92. The van der Waals surface area contributed by atoms with E-state index in [1.807, 2.05) is 18.5 Å². The summed E-state index contributed by atoms with van der Waals surface area (Å²) in [5, 5.41) is 0.